The van der Waals surface area contributed by atoms with Crippen LogP contribution >= 0.6 is 0 Å². The zero-order chi connectivity index (χ0) is 30.1. The summed E-state index contributed by atoms with van der Waals surface area (Å²) in [4.78, 5) is 30.8. The number of nitrogens with two attached hydrogens (primary N) is 1. The Kier molecular flexibility index (Phi) is 7.55. The number of allylic oxidation sites excluding steroid dienone is 1. The van der Waals surface area contributed by atoms with E-state index in [1.54, 1.807) is 25.4 Å². The molecule has 0 spiro atoms. The molecular formula is C32H30F3N7O. The molecule has 11 heteroatoms. The number of alkyl halides is 3. The second-order valence-corrected chi connectivity index (χ2v) is 11.0. The Morgan fingerprint density at radius 1 is 1.07 bits per heavy atom. The molecule has 1 atom stereocenters. The quantitative estimate of drug-likeness (QED) is 0.192. The number of nitrogens with one attached hydrogen (secondary N) is 2. The molecule has 1 amide bonds. The number of rotatable bonds is 9. The number of benzene rings is 2. The van der Waals surface area contributed by atoms with Crippen LogP contribution in [0.1, 0.15) is 71.7 Å². The Morgan fingerprint density at radius 2 is 1.88 bits per heavy atom. The summed E-state index contributed by atoms with van der Waals surface area (Å²) in [6.45, 7) is 1.61. The summed E-state index contributed by atoms with van der Waals surface area (Å²) in [5, 5.41) is 6.72. The molecular weight excluding hydrogens is 555 g/mol. The number of hydrogen-bond acceptors (Lipinski definition) is 7. The predicted molar refractivity (Wildman–Crippen MR) is 159 cm³/mol. The van der Waals surface area contributed by atoms with Gasteiger partial charge in [-0.05, 0) is 91.6 Å². The molecule has 8 nitrogen and oxygen atoms in total. The normalized spacial score (nSPS) is 16.4. The maximum absolute atomic E-state index is 13.2. The van der Waals surface area contributed by atoms with Gasteiger partial charge >= 0.3 is 6.18 Å². The molecule has 2 saturated carbocycles. The Hall–Kier alpha value is -4.80. The standard InChI is InChI=1S/C32H30F3N7O/c1-18(29-14-23(10-11-37-29)32(33,34)35)40-30(43)21-4-8-26(19-2-3-19)27(13-21)20-5-9-28-22(12-20)16-39-31(42-28)41-25(15-36)17-38-24-6-7-24/h4-5,8-19,24H,2-3,6-7,36H2,1H3,(H,40,43)(H,39,41,42). The first-order valence-electron chi connectivity index (χ1n) is 14.1. The highest BCUT2D eigenvalue weighted by Crippen LogP contribution is 2.45. The minimum absolute atomic E-state index is 0.130. The van der Waals surface area contributed by atoms with E-state index in [1.165, 1.54) is 6.20 Å². The van der Waals surface area contributed by atoms with Crippen LogP contribution in [0, 0.1) is 0 Å². The largest absolute Gasteiger partial charge is 0.416 e. The molecule has 6 rings (SSSR count). The first-order valence-corrected chi connectivity index (χ1v) is 14.1. The van der Waals surface area contributed by atoms with E-state index in [4.69, 9.17) is 5.73 Å². The molecule has 0 saturated heterocycles. The fourth-order valence-corrected chi connectivity index (χ4v) is 4.83. The number of aromatic nitrogens is 3. The van der Waals surface area contributed by atoms with Gasteiger partial charge in [0.2, 0.25) is 5.95 Å². The van der Waals surface area contributed by atoms with Gasteiger partial charge in [0.05, 0.1) is 34.6 Å². The van der Waals surface area contributed by atoms with Gasteiger partial charge < -0.3 is 16.4 Å². The van der Waals surface area contributed by atoms with Gasteiger partial charge in [0.1, 0.15) is 0 Å². The van der Waals surface area contributed by atoms with Gasteiger partial charge in [-0.2, -0.15) is 13.2 Å². The summed E-state index contributed by atoms with van der Waals surface area (Å²) in [6, 6.07) is 12.9. The third kappa shape index (κ3) is 6.66. The number of pyridine rings is 1. The summed E-state index contributed by atoms with van der Waals surface area (Å²) in [6.07, 6.45) is 5.81. The molecule has 43 heavy (non-hydrogen) atoms. The van der Waals surface area contributed by atoms with E-state index in [2.05, 4.69) is 30.6 Å². The molecule has 2 aromatic heterocycles. The van der Waals surface area contributed by atoms with Crippen molar-refractivity contribution in [3.63, 3.8) is 0 Å². The number of fused-ring (bicyclic) bond motifs is 1. The van der Waals surface area contributed by atoms with Crippen LogP contribution < -0.4 is 16.4 Å². The topological polar surface area (TPSA) is 118 Å². The fourth-order valence-electron chi connectivity index (χ4n) is 4.83. The van der Waals surface area contributed by atoms with E-state index < -0.39 is 23.7 Å². The summed E-state index contributed by atoms with van der Waals surface area (Å²) < 4.78 is 39.5. The number of aliphatic imine (C=N–C) groups is 1. The molecule has 2 aliphatic carbocycles. The monoisotopic (exact) mass is 585 g/mol. The van der Waals surface area contributed by atoms with Crippen LogP contribution in [-0.4, -0.2) is 33.1 Å². The van der Waals surface area contributed by atoms with Crippen molar-refractivity contribution < 1.29 is 18.0 Å². The van der Waals surface area contributed by atoms with Crippen molar-refractivity contribution in [3.8, 4) is 11.1 Å². The van der Waals surface area contributed by atoms with E-state index in [0.717, 1.165) is 71.6 Å². The lowest BCUT2D eigenvalue weighted by atomic mass is 9.93. The van der Waals surface area contributed by atoms with Crippen LogP contribution in [0.3, 0.4) is 0 Å². The van der Waals surface area contributed by atoms with Crippen molar-refractivity contribution in [3.05, 3.63) is 95.2 Å². The summed E-state index contributed by atoms with van der Waals surface area (Å²) in [7, 11) is 0. The lowest BCUT2D eigenvalue weighted by Crippen LogP contribution is -2.27. The molecule has 2 aliphatic rings. The third-order valence-electron chi connectivity index (χ3n) is 7.53. The van der Waals surface area contributed by atoms with E-state index in [0.29, 0.717) is 29.2 Å². The SMILES string of the molecule is CC(NC(=O)c1ccc(C2CC2)c(-c2ccc3nc(NC(C=NC4CC4)=CN)ncc3c2)c1)c1cc(C(F)(F)F)ccn1. The summed E-state index contributed by atoms with van der Waals surface area (Å²) in [5.74, 6) is 0.419. The number of hydrogen-bond donors (Lipinski definition) is 3. The fraction of sp³-hybridized carbons (Fsp3) is 0.281. The van der Waals surface area contributed by atoms with Crippen molar-refractivity contribution in [1.29, 1.82) is 0 Å². The van der Waals surface area contributed by atoms with Gasteiger partial charge in [-0.3, -0.25) is 14.8 Å². The Bertz CT molecular complexity index is 1740. The number of nitrogens with zero attached hydrogens (tertiary/aromatic N) is 4. The van der Waals surface area contributed by atoms with Crippen molar-refractivity contribution in [2.45, 2.75) is 56.8 Å². The van der Waals surface area contributed by atoms with Gasteiger partial charge in [0, 0.05) is 35.8 Å². The van der Waals surface area contributed by atoms with Crippen LogP contribution in [0.2, 0.25) is 0 Å². The molecule has 0 aliphatic heterocycles. The van der Waals surface area contributed by atoms with Gasteiger partial charge in [-0.25, -0.2) is 9.97 Å². The average molecular weight is 586 g/mol. The van der Waals surface area contributed by atoms with E-state index in [9.17, 15) is 18.0 Å². The second kappa shape index (κ2) is 11.5. The zero-order valence-corrected chi connectivity index (χ0v) is 23.4. The smallest absolute Gasteiger partial charge is 0.403 e. The van der Waals surface area contributed by atoms with Crippen molar-refractivity contribution in [1.82, 2.24) is 20.3 Å². The Balaban J connectivity index is 1.24. The first-order chi connectivity index (χ1) is 20.7. The van der Waals surface area contributed by atoms with Gasteiger partial charge in [-0.15, -0.1) is 0 Å². The van der Waals surface area contributed by atoms with Crippen LogP contribution in [0.4, 0.5) is 19.1 Å². The average Bonchev–Trinajstić information content (AvgIpc) is 3.93. The lowest BCUT2D eigenvalue weighted by Gasteiger charge is -2.17. The third-order valence-corrected chi connectivity index (χ3v) is 7.53. The summed E-state index contributed by atoms with van der Waals surface area (Å²) >= 11 is 0. The second-order valence-electron chi connectivity index (χ2n) is 11.0. The predicted octanol–water partition coefficient (Wildman–Crippen LogP) is 6.52. The lowest BCUT2D eigenvalue weighted by molar-refractivity contribution is -0.137. The molecule has 2 heterocycles. The molecule has 2 aromatic carbocycles. The Labute approximate surface area is 246 Å². The van der Waals surface area contributed by atoms with Gasteiger partial charge in [-0.1, -0.05) is 12.1 Å². The highest BCUT2D eigenvalue weighted by Gasteiger charge is 2.31. The minimum atomic E-state index is -4.49. The maximum Gasteiger partial charge on any atom is 0.416 e. The van der Waals surface area contributed by atoms with Crippen molar-refractivity contribution in [2.75, 3.05) is 5.32 Å². The zero-order valence-electron chi connectivity index (χ0n) is 23.4. The number of halogens is 3. The maximum atomic E-state index is 13.2. The van der Waals surface area contributed by atoms with Crippen LogP contribution in [0.5, 0.6) is 0 Å². The van der Waals surface area contributed by atoms with E-state index in [1.807, 2.05) is 30.3 Å². The molecule has 1 unspecified atom stereocenters. The summed E-state index contributed by atoms with van der Waals surface area (Å²) in [5.41, 5.74) is 9.81. The highest BCUT2D eigenvalue weighted by molar-refractivity contribution is 5.96. The Morgan fingerprint density at radius 3 is 2.60 bits per heavy atom. The minimum Gasteiger partial charge on any atom is -0.403 e. The number of anilines is 1. The highest BCUT2D eigenvalue weighted by atomic mass is 19.4. The van der Waals surface area contributed by atoms with Crippen LogP contribution in [0.15, 0.2) is 77.8 Å². The molecule has 220 valence electrons. The number of carbonyl (C=O) groups is 1. The van der Waals surface area contributed by atoms with Crippen molar-refractivity contribution >= 4 is 29.0 Å². The van der Waals surface area contributed by atoms with Crippen LogP contribution in [-0.2, 0) is 6.18 Å². The molecule has 0 radical (unpaired) electrons. The number of carbonyl (C=O) groups excluding carboxylic acids is 1. The number of amides is 1. The van der Waals surface area contributed by atoms with Gasteiger partial charge in [0.25, 0.3) is 5.91 Å². The van der Waals surface area contributed by atoms with Crippen LogP contribution in [0.25, 0.3) is 22.0 Å². The molecule has 4 aromatic rings. The molecule has 4 N–H and O–H groups in total. The molecule has 2 fully saturated rings. The molecule has 0 bridgehead atoms. The van der Waals surface area contributed by atoms with Gasteiger partial charge in [0.15, 0.2) is 0 Å². The van der Waals surface area contributed by atoms with E-state index >= 15 is 0 Å². The first kappa shape index (κ1) is 28.3. The van der Waals surface area contributed by atoms with E-state index in [-0.39, 0.29) is 5.69 Å². The van der Waals surface area contributed by atoms with Crippen molar-refractivity contribution in [2.24, 2.45) is 10.7 Å².